The van der Waals surface area contributed by atoms with Crippen molar-refractivity contribution in [2.24, 2.45) is 0 Å². The molecule has 2 aromatic rings. The number of rotatable bonds is 2. The van der Waals surface area contributed by atoms with Crippen molar-refractivity contribution in [2.75, 3.05) is 5.32 Å². The zero-order valence-corrected chi connectivity index (χ0v) is 8.79. The summed E-state index contributed by atoms with van der Waals surface area (Å²) < 4.78 is 0. The van der Waals surface area contributed by atoms with Gasteiger partial charge in [-0.05, 0) is 30.3 Å². The van der Waals surface area contributed by atoms with Crippen LogP contribution in [0.5, 0.6) is 11.5 Å². The summed E-state index contributed by atoms with van der Waals surface area (Å²) in [6, 6.07) is 7.27. The lowest BCUT2D eigenvalue weighted by molar-refractivity contribution is 0.102. The average Bonchev–Trinajstić information content (AvgIpc) is 2.34. The first kappa shape index (κ1) is 10.9. The lowest BCUT2D eigenvalue weighted by atomic mass is 10.2. The maximum absolute atomic E-state index is 11.7. The molecule has 5 nitrogen and oxygen atoms in total. The Morgan fingerprint density at radius 3 is 2.65 bits per heavy atom. The van der Waals surface area contributed by atoms with E-state index >= 15 is 0 Å². The minimum absolute atomic E-state index is 0.254. The van der Waals surface area contributed by atoms with Gasteiger partial charge in [-0.25, -0.2) is 0 Å². The number of phenolic OH excluding ortho intramolecular Hbond substituents is 2. The quantitative estimate of drug-likeness (QED) is 0.686. The highest BCUT2D eigenvalue weighted by atomic mass is 16.3. The van der Waals surface area contributed by atoms with E-state index in [4.69, 9.17) is 5.11 Å². The van der Waals surface area contributed by atoms with Gasteiger partial charge < -0.3 is 15.5 Å². The first-order chi connectivity index (χ1) is 8.16. The number of phenols is 2. The Bertz CT molecular complexity index is 541. The third-order valence-corrected chi connectivity index (χ3v) is 2.16. The summed E-state index contributed by atoms with van der Waals surface area (Å²) in [5.41, 5.74) is 0.814. The van der Waals surface area contributed by atoms with Crippen LogP contribution in [0.4, 0.5) is 5.69 Å². The van der Waals surface area contributed by atoms with Crippen LogP contribution in [-0.2, 0) is 0 Å². The van der Waals surface area contributed by atoms with Crippen molar-refractivity contribution in [3.05, 3.63) is 48.3 Å². The fourth-order valence-electron chi connectivity index (χ4n) is 1.30. The molecule has 86 valence electrons. The van der Waals surface area contributed by atoms with Crippen LogP contribution in [0.1, 0.15) is 10.4 Å². The lowest BCUT2D eigenvalue weighted by Gasteiger charge is -2.05. The Labute approximate surface area is 97.4 Å². The number of hydrogen-bond acceptors (Lipinski definition) is 4. The fraction of sp³-hybridized carbons (Fsp3) is 0. The van der Waals surface area contributed by atoms with Gasteiger partial charge in [0.15, 0.2) is 11.5 Å². The van der Waals surface area contributed by atoms with E-state index in [1.54, 1.807) is 18.3 Å². The number of nitrogens with one attached hydrogen (secondary N) is 1. The van der Waals surface area contributed by atoms with Crippen LogP contribution in [0.2, 0.25) is 0 Å². The van der Waals surface area contributed by atoms with Gasteiger partial charge in [0, 0.05) is 11.8 Å². The summed E-state index contributed by atoms with van der Waals surface area (Å²) in [4.78, 5) is 15.6. The maximum atomic E-state index is 11.7. The Balaban J connectivity index is 2.18. The predicted octanol–water partition coefficient (Wildman–Crippen LogP) is 1.75. The third kappa shape index (κ3) is 2.52. The van der Waals surface area contributed by atoms with E-state index < -0.39 is 0 Å². The second-order valence-corrected chi connectivity index (χ2v) is 3.40. The molecule has 1 heterocycles. The van der Waals surface area contributed by atoms with E-state index in [2.05, 4.69) is 10.3 Å². The van der Waals surface area contributed by atoms with E-state index in [0.717, 1.165) is 0 Å². The number of aromatic nitrogens is 1. The van der Waals surface area contributed by atoms with E-state index in [-0.39, 0.29) is 23.0 Å². The molecular formula is C12H10N2O3. The molecule has 17 heavy (non-hydrogen) atoms. The Morgan fingerprint density at radius 1 is 1.18 bits per heavy atom. The number of carbonyl (C=O) groups is 1. The Morgan fingerprint density at radius 2 is 2.00 bits per heavy atom. The summed E-state index contributed by atoms with van der Waals surface area (Å²) in [5.74, 6) is -0.972. The van der Waals surface area contributed by atoms with E-state index in [0.29, 0.717) is 5.69 Å². The summed E-state index contributed by atoms with van der Waals surface area (Å²) in [6.45, 7) is 0. The zero-order chi connectivity index (χ0) is 12.3. The highest BCUT2D eigenvalue weighted by Gasteiger charge is 2.08. The number of aromatic hydroxyl groups is 2. The van der Waals surface area contributed by atoms with Crippen molar-refractivity contribution in [2.45, 2.75) is 0 Å². The molecule has 0 aliphatic carbocycles. The molecule has 2 rings (SSSR count). The van der Waals surface area contributed by atoms with Gasteiger partial charge in [-0.3, -0.25) is 9.78 Å². The Hall–Kier alpha value is -2.56. The molecule has 0 saturated heterocycles. The molecule has 1 aromatic heterocycles. The molecule has 1 aromatic carbocycles. The van der Waals surface area contributed by atoms with Crippen LogP contribution in [0.15, 0.2) is 42.7 Å². The van der Waals surface area contributed by atoms with Crippen molar-refractivity contribution in [1.29, 1.82) is 0 Å². The number of amides is 1. The molecule has 0 fully saturated rings. The van der Waals surface area contributed by atoms with Crippen LogP contribution in [-0.4, -0.2) is 21.1 Å². The normalized spacial score (nSPS) is 9.88. The lowest BCUT2D eigenvalue weighted by Crippen LogP contribution is -2.11. The first-order valence-corrected chi connectivity index (χ1v) is 4.90. The number of carbonyl (C=O) groups excluding carboxylic acids is 1. The number of pyridine rings is 1. The number of benzene rings is 1. The van der Waals surface area contributed by atoms with Crippen LogP contribution >= 0.6 is 0 Å². The largest absolute Gasteiger partial charge is 0.504 e. The molecule has 0 spiro atoms. The minimum atomic E-state index is -0.381. The molecule has 0 atom stereocenters. The standard InChI is InChI=1S/C12H10N2O3/c15-10-4-3-8(6-11(10)16)12(17)14-9-2-1-5-13-7-9/h1-7,15-16H,(H,14,17). The van der Waals surface area contributed by atoms with Gasteiger partial charge >= 0.3 is 0 Å². The molecule has 0 aliphatic heterocycles. The smallest absolute Gasteiger partial charge is 0.255 e. The van der Waals surface area contributed by atoms with Crippen molar-refractivity contribution >= 4 is 11.6 Å². The van der Waals surface area contributed by atoms with Crippen molar-refractivity contribution in [3.63, 3.8) is 0 Å². The summed E-state index contributed by atoms with van der Waals surface area (Å²) >= 11 is 0. The highest BCUT2D eigenvalue weighted by molar-refractivity contribution is 6.04. The van der Waals surface area contributed by atoms with E-state index in [1.807, 2.05) is 0 Å². The van der Waals surface area contributed by atoms with Crippen molar-refractivity contribution in [1.82, 2.24) is 4.98 Å². The van der Waals surface area contributed by atoms with Crippen molar-refractivity contribution in [3.8, 4) is 11.5 Å². The van der Waals surface area contributed by atoms with Crippen molar-refractivity contribution < 1.29 is 15.0 Å². The van der Waals surface area contributed by atoms with Crippen LogP contribution < -0.4 is 5.32 Å². The van der Waals surface area contributed by atoms with Gasteiger partial charge in [-0.15, -0.1) is 0 Å². The molecular weight excluding hydrogens is 220 g/mol. The van der Waals surface area contributed by atoms with Gasteiger partial charge in [-0.2, -0.15) is 0 Å². The predicted molar refractivity (Wildman–Crippen MR) is 62.0 cm³/mol. The molecule has 0 bridgehead atoms. The number of nitrogens with zero attached hydrogens (tertiary/aromatic N) is 1. The molecule has 0 unspecified atom stereocenters. The summed E-state index contributed by atoms with van der Waals surface area (Å²) in [7, 11) is 0. The fourth-order valence-corrected chi connectivity index (χ4v) is 1.30. The SMILES string of the molecule is O=C(Nc1cccnc1)c1ccc(O)c(O)c1. The molecule has 0 aliphatic rings. The van der Waals surface area contributed by atoms with Crippen LogP contribution in [0.3, 0.4) is 0 Å². The van der Waals surface area contributed by atoms with Gasteiger partial charge in [-0.1, -0.05) is 0 Å². The highest BCUT2D eigenvalue weighted by Crippen LogP contribution is 2.25. The van der Waals surface area contributed by atoms with Gasteiger partial charge in [0.05, 0.1) is 11.9 Å². The monoisotopic (exact) mass is 230 g/mol. The van der Waals surface area contributed by atoms with Crippen LogP contribution in [0, 0.1) is 0 Å². The second kappa shape index (κ2) is 4.52. The van der Waals surface area contributed by atoms with Gasteiger partial charge in [0.25, 0.3) is 5.91 Å². The summed E-state index contributed by atoms with van der Waals surface area (Å²) in [5, 5.41) is 21.0. The third-order valence-electron chi connectivity index (χ3n) is 2.16. The molecule has 1 amide bonds. The molecule has 0 saturated carbocycles. The van der Waals surface area contributed by atoms with E-state index in [9.17, 15) is 9.90 Å². The maximum Gasteiger partial charge on any atom is 0.255 e. The molecule has 3 N–H and O–H groups in total. The molecule has 5 heteroatoms. The van der Waals surface area contributed by atoms with Gasteiger partial charge in [0.2, 0.25) is 0 Å². The number of hydrogen-bond donors (Lipinski definition) is 3. The Kier molecular flexibility index (Phi) is 2.91. The van der Waals surface area contributed by atoms with Gasteiger partial charge in [0.1, 0.15) is 0 Å². The topological polar surface area (TPSA) is 82.5 Å². The second-order valence-electron chi connectivity index (χ2n) is 3.40. The summed E-state index contributed by atoms with van der Waals surface area (Å²) in [6.07, 6.45) is 3.11. The molecule has 0 radical (unpaired) electrons. The first-order valence-electron chi connectivity index (χ1n) is 4.90. The minimum Gasteiger partial charge on any atom is -0.504 e. The zero-order valence-electron chi connectivity index (χ0n) is 8.79. The average molecular weight is 230 g/mol. The van der Waals surface area contributed by atoms with Crippen LogP contribution in [0.25, 0.3) is 0 Å². The van der Waals surface area contributed by atoms with E-state index in [1.165, 1.54) is 24.4 Å². The number of anilines is 1.